The molecule has 0 atom stereocenters. The largest absolute Gasteiger partial charge is 0.305 e. The van der Waals surface area contributed by atoms with Gasteiger partial charge in [0.2, 0.25) is 0 Å². The lowest BCUT2D eigenvalue weighted by atomic mass is 10.0. The highest BCUT2D eigenvalue weighted by molar-refractivity contribution is 6.31. The van der Waals surface area contributed by atoms with Gasteiger partial charge in [0.25, 0.3) is 0 Å². The molecule has 2 aromatic rings. The van der Waals surface area contributed by atoms with Gasteiger partial charge >= 0.3 is 0 Å². The van der Waals surface area contributed by atoms with E-state index in [1.54, 1.807) is 0 Å². The van der Waals surface area contributed by atoms with E-state index in [9.17, 15) is 0 Å². The number of aryl methyl sites for hydroxylation is 2. The van der Waals surface area contributed by atoms with Crippen LogP contribution in [-0.4, -0.2) is 5.71 Å². The van der Waals surface area contributed by atoms with Crippen molar-refractivity contribution < 1.29 is 0 Å². The van der Waals surface area contributed by atoms with Crippen molar-refractivity contribution in [1.82, 2.24) is 5.43 Å². The maximum Gasteiger partial charge on any atom is 0.0647 e. The van der Waals surface area contributed by atoms with E-state index in [0.717, 1.165) is 16.3 Å². The first-order valence-electron chi connectivity index (χ1n) is 6.66. The van der Waals surface area contributed by atoms with Crippen LogP contribution in [0, 0.1) is 13.8 Å². The van der Waals surface area contributed by atoms with E-state index < -0.39 is 0 Å². The molecule has 20 heavy (non-hydrogen) atoms. The summed E-state index contributed by atoms with van der Waals surface area (Å²) in [6.45, 7) is 6.83. The zero-order valence-electron chi connectivity index (χ0n) is 12.1. The van der Waals surface area contributed by atoms with Crippen LogP contribution in [0.15, 0.2) is 47.6 Å². The first-order chi connectivity index (χ1) is 9.58. The fourth-order valence-electron chi connectivity index (χ4n) is 2.07. The maximum atomic E-state index is 6.11. The number of hydrogen-bond acceptors (Lipinski definition) is 2. The maximum absolute atomic E-state index is 6.11. The van der Waals surface area contributed by atoms with Gasteiger partial charge in [-0.15, -0.1) is 0 Å². The van der Waals surface area contributed by atoms with Crippen molar-refractivity contribution >= 4 is 17.3 Å². The van der Waals surface area contributed by atoms with Crippen molar-refractivity contribution in [3.8, 4) is 0 Å². The van der Waals surface area contributed by atoms with Gasteiger partial charge in [-0.2, -0.15) is 5.10 Å². The molecule has 104 valence electrons. The molecule has 2 rings (SSSR count). The third-order valence-corrected chi connectivity index (χ3v) is 3.63. The van der Waals surface area contributed by atoms with Crippen LogP contribution in [-0.2, 0) is 6.54 Å². The number of nitrogens with one attached hydrogen (secondary N) is 1. The van der Waals surface area contributed by atoms with Crippen molar-refractivity contribution in [2.75, 3.05) is 0 Å². The van der Waals surface area contributed by atoms with E-state index >= 15 is 0 Å². The summed E-state index contributed by atoms with van der Waals surface area (Å²) in [6.07, 6.45) is 0. The molecule has 0 unspecified atom stereocenters. The topological polar surface area (TPSA) is 24.4 Å². The molecule has 0 amide bonds. The van der Waals surface area contributed by atoms with Gasteiger partial charge < -0.3 is 5.43 Å². The molecule has 3 heteroatoms. The Morgan fingerprint density at radius 3 is 2.65 bits per heavy atom. The second-order valence-electron chi connectivity index (χ2n) is 4.94. The molecule has 2 aromatic carbocycles. The lowest BCUT2D eigenvalue weighted by Gasteiger charge is -2.08. The Kier molecular flexibility index (Phi) is 4.80. The molecule has 0 heterocycles. The van der Waals surface area contributed by atoms with E-state index in [-0.39, 0.29) is 0 Å². The fraction of sp³-hybridized carbons (Fsp3) is 0.235. The third-order valence-electron chi connectivity index (χ3n) is 3.26. The molecule has 0 bridgehead atoms. The predicted octanol–water partition coefficient (Wildman–Crippen LogP) is 4.47. The van der Waals surface area contributed by atoms with Crippen molar-refractivity contribution in [1.29, 1.82) is 0 Å². The first-order valence-corrected chi connectivity index (χ1v) is 7.04. The number of hydrogen-bond donors (Lipinski definition) is 1. The van der Waals surface area contributed by atoms with Crippen LogP contribution in [0.5, 0.6) is 0 Å². The molecule has 0 radical (unpaired) electrons. The van der Waals surface area contributed by atoms with E-state index in [1.807, 2.05) is 31.2 Å². The van der Waals surface area contributed by atoms with Gasteiger partial charge in [0.1, 0.15) is 0 Å². The monoisotopic (exact) mass is 286 g/mol. The molecule has 0 aliphatic rings. The Morgan fingerprint density at radius 2 is 1.90 bits per heavy atom. The summed E-state index contributed by atoms with van der Waals surface area (Å²) in [5.74, 6) is 0. The molecular formula is C17H19ClN2. The van der Waals surface area contributed by atoms with Crippen molar-refractivity contribution in [2.24, 2.45) is 5.10 Å². The van der Waals surface area contributed by atoms with Crippen molar-refractivity contribution in [2.45, 2.75) is 27.3 Å². The lowest BCUT2D eigenvalue weighted by Crippen LogP contribution is -2.10. The summed E-state index contributed by atoms with van der Waals surface area (Å²) in [5.41, 5.74) is 8.78. The molecule has 0 aromatic heterocycles. The Balaban J connectivity index is 2.08. The average molecular weight is 287 g/mol. The highest BCUT2D eigenvalue weighted by Gasteiger charge is 2.03. The smallest absolute Gasteiger partial charge is 0.0647 e. The van der Waals surface area contributed by atoms with Gasteiger partial charge in [0.05, 0.1) is 12.3 Å². The minimum atomic E-state index is 0.627. The Labute approximate surface area is 125 Å². The molecule has 0 spiro atoms. The van der Waals surface area contributed by atoms with Gasteiger partial charge in [0, 0.05) is 10.6 Å². The van der Waals surface area contributed by atoms with Crippen LogP contribution in [0.3, 0.4) is 0 Å². The van der Waals surface area contributed by atoms with Gasteiger partial charge in [-0.25, -0.2) is 0 Å². The summed E-state index contributed by atoms with van der Waals surface area (Å²) < 4.78 is 0. The molecule has 0 aliphatic carbocycles. The number of nitrogens with zero attached hydrogens (tertiary/aromatic N) is 1. The van der Waals surface area contributed by atoms with Crippen LogP contribution in [0.1, 0.15) is 29.2 Å². The van der Waals surface area contributed by atoms with Gasteiger partial charge in [-0.1, -0.05) is 47.5 Å². The van der Waals surface area contributed by atoms with E-state index in [4.69, 9.17) is 11.6 Å². The summed E-state index contributed by atoms with van der Waals surface area (Å²) in [5, 5.41) is 5.20. The highest BCUT2D eigenvalue weighted by Crippen LogP contribution is 2.15. The van der Waals surface area contributed by atoms with Gasteiger partial charge in [0.15, 0.2) is 0 Å². The minimum absolute atomic E-state index is 0.627. The summed E-state index contributed by atoms with van der Waals surface area (Å²) in [7, 11) is 0. The minimum Gasteiger partial charge on any atom is -0.305 e. The van der Waals surface area contributed by atoms with Crippen molar-refractivity contribution in [3.05, 3.63) is 69.7 Å². The third kappa shape index (κ3) is 3.61. The molecule has 0 saturated carbocycles. The number of hydrazone groups is 1. The Hall–Kier alpha value is -1.80. The standard InChI is InChI=1S/C17H19ClN2/c1-12-8-9-13(2)16(10-12)14(3)20-19-11-15-6-4-5-7-17(15)18/h4-10,19H,11H2,1-3H3/b20-14-. The van der Waals surface area contributed by atoms with Crippen LogP contribution in [0.2, 0.25) is 5.02 Å². The summed E-state index contributed by atoms with van der Waals surface area (Å²) in [6, 6.07) is 14.2. The number of rotatable bonds is 4. The summed E-state index contributed by atoms with van der Waals surface area (Å²) >= 11 is 6.11. The zero-order chi connectivity index (χ0) is 14.5. The second-order valence-corrected chi connectivity index (χ2v) is 5.35. The Morgan fingerprint density at radius 1 is 1.15 bits per heavy atom. The average Bonchev–Trinajstić information content (AvgIpc) is 2.43. The molecule has 1 N–H and O–H groups in total. The lowest BCUT2D eigenvalue weighted by molar-refractivity contribution is 0.744. The van der Waals surface area contributed by atoms with Crippen LogP contribution >= 0.6 is 11.6 Å². The highest BCUT2D eigenvalue weighted by atomic mass is 35.5. The normalized spacial score (nSPS) is 11.5. The van der Waals surface area contributed by atoms with Crippen molar-refractivity contribution in [3.63, 3.8) is 0 Å². The summed E-state index contributed by atoms with van der Waals surface area (Å²) in [4.78, 5) is 0. The second kappa shape index (κ2) is 6.58. The fourth-order valence-corrected chi connectivity index (χ4v) is 2.27. The van der Waals surface area contributed by atoms with E-state index in [0.29, 0.717) is 6.54 Å². The molecule has 0 aliphatic heterocycles. The van der Waals surface area contributed by atoms with Crippen LogP contribution in [0.25, 0.3) is 0 Å². The van der Waals surface area contributed by atoms with Crippen LogP contribution in [0.4, 0.5) is 0 Å². The van der Waals surface area contributed by atoms with E-state index in [1.165, 1.54) is 16.7 Å². The van der Waals surface area contributed by atoms with Gasteiger partial charge in [-0.05, 0) is 44.0 Å². The molecular weight excluding hydrogens is 268 g/mol. The SMILES string of the molecule is C/C(=N/NCc1ccccc1Cl)c1cc(C)ccc1C. The van der Waals surface area contributed by atoms with Crippen LogP contribution < -0.4 is 5.43 Å². The molecule has 2 nitrogen and oxygen atoms in total. The number of benzene rings is 2. The molecule has 0 fully saturated rings. The Bertz CT molecular complexity index is 633. The zero-order valence-corrected chi connectivity index (χ0v) is 12.8. The first kappa shape index (κ1) is 14.6. The predicted molar refractivity (Wildman–Crippen MR) is 86.4 cm³/mol. The quantitative estimate of drug-likeness (QED) is 0.651. The van der Waals surface area contributed by atoms with E-state index in [2.05, 4.69) is 42.6 Å². The number of halogens is 1. The van der Waals surface area contributed by atoms with Gasteiger partial charge in [-0.3, -0.25) is 0 Å². The molecule has 0 saturated heterocycles.